The molecule has 2 N–H and O–H groups in total. The molecule has 0 aromatic carbocycles. The third-order valence-corrected chi connectivity index (χ3v) is 1.68. The topological polar surface area (TPSA) is 80.0 Å². The standard InChI is InChI=1S/C9H16N4O2/c1-6(2)10-4-8(14)11-5-9-12-7(3)13-15-9/h6,10H,4-5H2,1-3H3,(H,11,14). The van der Waals surface area contributed by atoms with Gasteiger partial charge >= 0.3 is 0 Å². The van der Waals surface area contributed by atoms with Gasteiger partial charge in [0.2, 0.25) is 11.8 Å². The third-order valence-electron chi connectivity index (χ3n) is 1.68. The molecule has 0 aliphatic carbocycles. The van der Waals surface area contributed by atoms with E-state index >= 15 is 0 Å². The van der Waals surface area contributed by atoms with Gasteiger partial charge in [0, 0.05) is 6.04 Å². The van der Waals surface area contributed by atoms with Crippen molar-refractivity contribution in [2.75, 3.05) is 6.54 Å². The minimum absolute atomic E-state index is 0.0837. The highest BCUT2D eigenvalue weighted by Crippen LogP contribution is 1.93. The molecule has 0 atom stereocenters. The van der Waals surface area contributed by atoms with Crippen LogP contribution in [0.1, 0.15) is 25.6 Å². The second-order valence-electron chi connectivity index (χ2n) is 3.55. The molecule has 0 spiro atoms. The monoisotopic (exact) mass is 212 g/mol. The molecule has 15 heavy (non-hydrogen) atoms. The molecule has 6 heteroatoms. The summed E-state index contributed by atoms with van der Waals surface area (Å²) in [6.45, 7) is 6.27. The second kappa shape index (κ2) is 5.45. The van der Waals surface area contributed by atoms with Crippen LogP contribution in [0.3, 0.4) is 0 Å². The van der Waals surface area contributed by atoms with E-state index in [2.05, 4.69) is 20.8 Å². The summed E-state index contributed by atoms with van der Waals surface area (Å²) >= 11 is 0. The van der Waals surface area contributed by atoms with E-state index in [1.54, 1.807) is 6.92 Å². The molecule has 0 saturated heterocycles. The summed E-state index contributed by atoms with van der Waals surface area (Å²) in [4.78, 5) is 15.2. The van der Waals surface area contributed by atoms with Gasteiger partial charge < -0.3 is 15.2 Å². The number of aryl methyl sites for hydroxylation is 1. The van der Waals surface area contributed by atoms with E-state index in [0.29, 0.717) is 24.3 Å². The van der Waals surface area contributed by atoms with Crippen molar-refractivity contribution >= 4 is 5.91 Å². The van der Waals surface area contributed by atoms with Crippen molar-refractivity contribution in [2.45, 2.75) is 33.4 Å². The number of amides is 1. The van der Waals surface area contributed by atoms with Crippen molar-refractivity contribution in [2.24, 2.45) is 0 Å². The van der Waals surface area contributed by atoms with Crippen LogP contribution in [-0.4, -0.2) is 28.6 Å². The Labute approximate surface area is 88.4 Å². The zero-order valence-corrected chi connectivity index (χ0v) is 9.20. The van der Waals surface area contributed by atoms with Crippen molar-refractivity contribution in [1.82, 2.24) is 20.8 Å². The molecule has 1 rings (SSSR count). The van der Waals surface area contributed by atoms with Crippen LogP contribution < -0.4 is 10.6 Å². The van der Waals surface area contributed by atoms with E-state index in [9.17, 15) is 4.79 Å². The smallest absolute Gasteiger partial charge is 0.246 e. The summed E-state index contributed by atoms with van der Waals surface area (Å²) in [5.41, 5.74) is 0. The highest BCUT2D eigenvalue weighted by Gasteiger charge is 2.05. The van der Waals surface area contributed by atoms with Crippen LogP contribution in [-0.2, 0) is 11.3 Å². The number of nitrogens with one attached hydrogen (secondary N) is 2. The highest BCUT2D eigenvalue weighted by atomic mass is 16.5. The molecule has 0 aliphatic rings. The van der Waals surface area contributed by atoms with E-state index in [-0.39, 0.29) is 12.5 Å². The average Bonchev–Trinajstić information content (AvgIpc) is 2.58. The Morgan fingerprint density at radius 1 is 1.53 bits per heavy atom. The van der Waals surface area contributed by atoms with Gasteiger partial charge in [-0.25, -0.2) is 0 Å². The van der Waals surface area contributed by atoms with Crippen LogP contribution in [0.25, 0.3) is 0 Å². The van der Waals surface area contributed by atoms with Crippen molar-refractivity contribution in [3.05, 3.63) is 11.7 Å². The first kappa shape index (κ1) is 11.6. The van der Waals surface area contributed by atoms with Gasteiger partial charge in [0.25, 0.3) is 0 Å². The van der Waals surface area contributed by atoms with Crippen LogP contribution in [0.15, 0.2) is 4.52 Å². The fourth-order valence-electron chi connectivity index (χ4n) is 0.945. The summed E-state index contributed by atoms with van der Waals surface area (Å²) < 4.78 is 4.84. The zero-order chi connectivity index (χ0) is 11.3. The first-order valence-electron chi connectivity index (χ1n) is 4.87. The lowest BCUT2D eigenvalue weighted by atomic mass is 10.4. The molecule has 0 saturated carbocycles. The largest absolute Gasteiger partial charge is 0.346 e. The number of hydrogen-bond donors (Lipinski definition) is 2. The predicted molar refractivity (Wildman–Crippen MR) is 54.0 cm³/mol. The molecule has 0 aliphatic heterocycles. The lowest BCUT2D eigenvalue weighted by Gasteiger charge is -2.07. The van der Waals surface area contributed by atoms with Crippen LogP contribution in [0.5, 0.6) is 0 Å². The number of hydrogen-bond acceptors (Lipinski definition) is 5. The summed E-state index contributed by atoms with van der Waals surface area (Å²) in [7, 11) is 0. The molecule has 1 aromatic rings. The van der Waals surface area contributed by atoms with E-state index < -0.39 is 0 Å². The Bertz CT molecular complexity index is 322. The number of carbonyl (C=O) groups excluding carboxylic acids is 1. The third kappa shape index (κ3) is 4.55. The Balaban J connectivity index is 2.22. The normalized spacial score (nSPS) is 10.7. The van der Waals surface area contributed by atoms with Crippen molar-refractivity contribution in [1.29, 1.82) is 0 Å². The quantitative estimate of drug-likeness (QED) is 0.717. The maximum Gasteiger partial charge on any atom is 0.246 e. The van der Waals surface area contributed by atoms with Crippen LogP contribution in [0, 0.1) is 6.92 Å². The Kier molecular flexibility index (Phi) is 4.23. The maximum absolute atomic E-state index is 11.3. The lowest BCUT2D eigenvalue weighted by molar-refractivity contribution is -0.120. The van der Waals surface area contributed by atoms with E-state index in [1.807, 2.05) is 13.8 Å². The molecular weight excluding hydrogens is 196 g/mol. The van der Waals surface area contributed by atoms with Crippen LogP contribution in [0.2, 0.25) is 0 Å². The molecule has 6 nitrogen and oxygen atoms in total. The molecular formula is C9H16N4O2. The number of nitrogens with zero attached hydrogens (tertiary/aromatic N) is 2. The number of carbonyl (C=O) groups is 1. The minimum Gasteiger partial charge on any atom is -0.346 e. The highest BCUT2D eigenvalue weighted by molar-refractivity contribution is 5.77. The average molecular weight is 212 g/mol. The Morgan fingerprint density at radius 2 is 2.27 bits per heavy atom. The fourth-order valence-corrected chi connectivity index (χ4v) is 0.945. The minimum atomic E-state index is -0.0837. The van der Waals surface area contributed by atoms with Gasteiger partial charge in [-0.1, -0.05) is 19.0 Å². The van der Waals surface area contributed by atoms with Gasteiger partial charge in [-0.15, -0.1) is 0 Å². The van der Waals surface area contributed by atoms with E-state index in [0.717, 1.165) is 0 Å². The summed E-state index contributed by atoms with van der Waals surface area (Å²) in [5.74, 6) is 0.907. The lowest BCUT2D eigenvalue weighted by Crippen LogP contribution is -2.36. The maximum atomic E-state index is 11.3. The predicted octanol–water partition coefficient (Wildman–Crippen LogP) is -0.00778. The molecule has 1 heterocycles. The van der Waals surface area contributed by atoms with E-state index in [4.69, 9.17) is 4.52 Å². The van der Waals surface area contributed by atoms with Crippen molar-refractivity contribution in [3.63, 3.8) is 0 Å². The summed E-state index contributed by atoms with van der Waals surface area (Å²) in [6.07, 6.45) is 0. The van der Waals surface area contributed by atoms with Gasteiger partial charge in [0.1, 0.15) is 0 Å². The molecule has 0 unspecified atom stereocenters. The van der Waals surface area contributed by atoms with Gasteiger partial charge in [-0.05, 0) is 6.92 Å². The summed E-state index contributed by atoms with van der Waals surface area (Å²) in [6, 6.07) is 0.293. The van der Waals surface area contributed by atoms with Gasteiger partial charge in [-0.2, -0.15) is 4.98 Å². The molecule has 0 bridgehead atoms. The number of aromatic nitrogens is 2. The van der Waals surface area contributed by atoms with Crippen LogP contribution in [0.4, 0.5) is 0 Å². The van der Waals surface area contributed by atoms with Gasteiger partial charge in [0.15, 0.2) is 5.82 Å². The molecule has 0 fully saturated rings. The fraction of sp³-hybridized carbons (Fsp3) is 0.667. The number of rotatable bonds is 5. The summed E-state index contributed by atoms with van der Waals surface area (Å²) in [5, 5.41) is 9.29. The van der Waals surface area contributed by atoms with Crippen LogP contribution >= 0.6 is 0 Å². The first-order valence-corrected chi connectivity index (χ1v) is 4.87. The molecule has 0 radical (unpaired) electrons. The molecule has 84 valence electrons. The Hall–Kier alpha value is -1.43. The zero-order valence-electron chi connectivity index (χ0n) is 9.20. The first-order chi connectivity index (χ1) is 7.08. The van der Waals surface area contributed by atoms with Crippen molar-refractivity contribution < 1.29 is 9.32 Å². The van der Waals surface area contributed by atoms with Gasteiger partial charge in [0.05, 0.1) is 13.1 Å². The molecule has 1 aromatic heterocycles. The van der Waals surface area contributed by atoms with Gasteiger partial charge in [-0.3, -0.25) is 4.79 Å². The Morgan fingerprint density at radius 3 is 2.80 bits per heavy atom. The molecule has 1 amide bonds. The van der Waals surface area contributed by atoms with E-state index in [1.165, 1.54) is 0 Å². The second-order valence-corrected chi connectivity index (χ2v) is 3.55. The van der Waals surface area contributed by atoms with Crippen molar-refractivity contribution in [3.8, 4) is 0 Å². The SMILES string of the molecule is Cc1noc(CNC(=O)CNC(C)C)n1.